The van der Waals surface area contributed by atoms with Gasteiger partial charge >= 0.3 is 0 Å². The molecule has 1 aliphatic rings. The van der Waals surface area contributed by atoms with E-state index in [0.717, 1.165) is 32.5 Å². The highest BCUT2D eigenvalue weighted by Crippen LogP contribution is 2.31. The van der Waals surface area contributed by atoms with Gasteiger partial charge in [0, 0.05) is 6.54 Å². The molecule has 9 heteroatoms. The van der Waals surface area contributed by atoms with Gasteiger partial charge in [-0.1, -0.05) is 50.6 Å². The number of likely N-dealkylation sites (N-methyl/N-ethyl adjacent to an activating group) is 1. The third kappa shape index (κ3) is 6.17. The standard InChI is InChI=1S/C20H30N6O2S/c1-3-25(4-2)13-14-28-18-12-8-7-11-17(18)21-19(27)15-29-20-22-23-24-26(20)16-9-5-6-10-16/h7-8,11-12,16H,3-6,9-10,13-15H2,1-2H3,(H,21,27). The predicted octanol–water partition coefficient (Wildman–Crippen LogP) is 3.24. The minimum absolute atomic E-state index is 0.101. The van der Waals surface area contributed by atoms with E-state index in [2.05, 4.69) is 39.6 Å². The summed E-state index contributed by atoms with van der Waals surface area (Å²) in [5.41, 5.74) is 0.688. The van der Waals surface area contributed by atoms with Crippen molar-refractivity contribution in [1.82, 2.24) is 25.1 Å². The quantitative estimate of drug-likeness (QED) is 0.561. The second-order valence-electron chi connectivity index (χ2n) is 7.05. The zero-order valence-corrected chi connectivity index (χ0v) is 18.0. The van der Waals surface area contributed by atoms with Crippen molar-refractivity contribution in [3.05, 3.63) is 24.3 Å². The van der Waals surface area contributed by atoms with Crippen LogP contribution in [0.3, 0.4) is 0 Å². The number of nitrogens with one attached hydrogen (secondary N) is 1. The van der Waals surface area contributed by atoms with Gasteiger partial charge in [-0.3, -0.25) is 4.79 Å². The van der Waals surface area contributed by atoms with E-state index in [0.29, 0.717) is 29.2 Å². The summed E-state index contributed by atoms with van der Waals surface area (Å²) >= 11 is 1.37. The van der Waals surface area contributed by atoms with Crippen LogP contribution in [0.2, 0.25) is 0 Å². The molecule has 1 fully saturated rings. The SMILES string of the molecule is CCN(CC)CCOc1ccccc1NC(=O)CSc1nnnn1C1CCCC1. The van der Waals surface area contributed by atoms with Gasteiger partial charge in [0.2, 0.25) is 11.1 Å². The van der Waals surface area contributed by atoms with Crippen LogP contribution in [0.4, 0.5) is 5.69 Å². The minimum atomic E-state index is -0.101. The largest absolute Gasteiger partial charge is 0.490 e. The average Bonchev–Trinajstić information content (AvgIpc) is 3.42. The maximum Gasteiger partial charge on any atom is 0.234 e. The Morgan fingerprint density at radius 3 is 2.79 bits per heavy atom. The highest BCUT2D eigenvalue weighted by Gasteiger charge is 2.22. The van der Waals surface area contributed by atoms with E-state index in [9.17, 15) is 4.79 Å². The molecule has 1 aromatic carbocycles. The molecular formula is C20H30N6O2S. The molecule has 1 N–H and O–H groups in total. The summed E-state index contributed by atoms with van der Waals surface area (Å²) in [5.74, 6) is 0.838. The number of nitrogens with zero attached hydrogens (tertiary/aromatic N) is 5. The first-order chi connectivity index (χ1) is 14.2. The zero-order valence-electron chi connectivity index (χ0n) is 17.2. The molecule has 1 aliphatic carbocycles. The van der Waals surface area contributed by atoms with Crippen LogP contribution in [0.1, 0.15) is 45.6 Å². The normalized spacial score (nSPS) is 14.4. The molecule has 158 valence electrons. The number of thioether (sulfide) groups is 1. The Morgan fingerprint density at radius 1 is 1.28 bits per heavy atom. The number of hydrogen-bond acceptors (Lipinski definition) is 7. The van der Waals surface area contributed by atoms with Crippen LogP contribution in [0.15, 0.2) is 29.4 Å². The number of carbonyl (C=O) groups is 1. The molecule has 0 spiro atoms. The first-order valence-corrected chi connectivity index (χ1v) is 11.3. The van der Waals surface area contributed by atoms with Crippen molar-refractivity contribution < 1.29 is 9.53 Å². The highest BCUT2D eigenvalue weighted by atomic mass is 32.2. The Hall–Kier alpha value is -2.13. The summed E-state index contributed by atoms with van der Waals surface area (Å²) in [7, 11) is 0. The van der Waals surface area contributed by atoms with Gasteiger partial charge in [-0.25, -0.2) is 4.68 Å². The maximum atomic E-state index is 12.5. The van der Waals surface area contributed by atoms with Crippen molar-refractivity contribution in [3.8, 4) is 5.75 Å². The highest BCUT2D eigenvalue weighted by molar-refractivity contribution is 7.99. The fourth-order valence-electron chi connectivity index (χ4n) is 3.50. The van der Waals surface area contributed by atoms with Crippen molar-refractivity contribution in [2.75, 3.05) is 37.3 Å². The topological polar surface area (TPSA) is 85.2 Å². The van der Waals surface area contributed by atoms with Crippen molar-refractivity contribution in [1.29, 1.82) is 0 Å². The molecule has 2 aromatic rings. The number of anilines is 1. The number of ether oxygens (including phenoxy) is 1. The molecule has 8 nitrogen and oxygen atoms in total. The van der Waals surface area contributed by atoms with Crippen LogP contribution in [0.25, 0.3) is 0 Å². The Morgan fingerprint density at radius 2 is 2.03 bits per heavy atom. The van der Waals surface area contributed by atoms with Crippen LogP contribution in [-0.2, 0) is 4.79 Å². The van der Waals surface area contributed by atoms with E-state index >= 15 is 0 Å². The molecule has 0 unspecified atom stereocenters. The Balaban J connectivity index is 1.51. The number of para-hydroxylation sites is 2. The molecule has 3 rings (SSSR count). The van der Waals surface area contributed by atoms with Crippen molar-refractivity contribution in [2.45, 2.75) is 50.7 Å². The van der Waals surface area contributed by atoms with E-state index in [1.807, 2.05) is 28.9 Å². The molecule has 1 heterocycles. The number of rotatable bonds is 11. The fraction of sp³-hybridized carbons (Fsp3) is 0.600. The van der Waals surface area contributed by atoms with Gasteiger partial charge in [0.15, 0.2) is 0 Å². The summed E-state index contributed by atoms with van der Waals surface area (Å²) < 4.78 is 7.78. The monoisotopic (exact) mass is 418 g/mol. The number of aromatic nitrogens is 4. The van der Waals surface area contributed by atoms with Gasteiger partial charge < -0.3 is 15.0 Å². The number of tetrazole rings is 1. The second kappa shape index (κ2) is 11.2. The molecule has 1 aromatic heterocycles. The number of benzene rings is 1. The molecule has 0 saturated heterocycles. The summed E-state index contributed by atoms with van der Waals surface area (Å²) in [4.78, 5) is 14.8. The summed E-state index contributed by atoms with van der Waals surface area (Å²) in [6.07, 6.45) is 4.62. The number of hydrogen-bond donors (Lipinski definition) is 1. The van der Waals surface area contributed by atoms with E-state index in [-0.39, 0.29) is 11.7 Å². The maximum absolute atomic E-state index is 12.5. The molecular weight excluding hydrogens is 388 g/mol. The van der Waals surface area contributed by atoms with E-state index in [4.69, 9.17) is 4.74 Å². The van der Waals surface area contributed by atoms with Gasteiger partial charge in [-0.2, -0.15) is 0 Å². The van der Waals surface area contributed by atoms with Crippen molar-refractivity contribution in [3.63, 3.8) is 0 Å². The van der Waals surface area contributed by atoms with E-state index in [1.54, 1.807) is 0 Å². The van der Waals surface area contributed by atoms with Gasteiger partial charge in [0.25, 0.3) is 0 Å². The minimum Gasteiger partial charge on any atom is -0.490 e. The molecule has 29 heavy (non-hydrogen) atoms. The van der Waals surface area contributed by atoms with Crippen LogP contribution in [-0.4, -0.2) is 63.0 Å². The summed E-state index contributed by atoms with van der Waals surface area (Å²) in [6, 6.07) is 7.90. The molecule has 0 radical (unpaired) electrons. The van der Waals surface area contributed by atoms with Gasteiger partial charge in [-0.05, 0) is 48.5 Å². The third-order valence-electron chi connectivity index (χ3n) is 5.19. The number of carbonyl (C=O) groups excluding carboxylic acids is 1. The van der Waals surface area contributed by atoms with Gasteiger partial charge in [0.1, 0.15) is 12.4 Å². The first-order valence-electron chi connectivity index (χ1n) is 10.4. The lowest BCUT2D eigenvalue weighted by molar-refractivity contribution is -0.113. The molecule has 1 saturated carbocycles. The van der Waals surface area contributed by atoms with Crippen LogP contribution >= 0.6 is 11.8 Å². The fourth-order valence-corrected chi connectivity index (χ4v) is 4.24. The lowest BCUT2D eigenvalue weighted by Crippen LogP contribution is -2.28. The smallest absolute Gasteiger partial charge is 0.234 e. The van der Waals surface area contributed by atoms with Crippen LogP contribution in [0, 0.1) is 0 Å². The zero-order chi connectivity index (χ0) is 20.5. The van der Waals surface area contributed by atoms with Crippen molar-refractivity contribution >= 4 is 23.4 Å². The predicted molar refractivity (Wildman–Crippen MR) is 114 cm³/mol. The molecule has 0 atom stereocenters. The first kappa shape index (κ1) is 21.6. The van der Waals surface area contributed by atoms with E-state index < -0.39 is 0 Å². The Labute approximate surface area is 176 Å². The van der Waals surface area contributed by atoms with Crippen LogP contribution in [0.5, 0.6) is 5.75 Å². The van der Waals surface area contributed by atoms with Gasteiger partial charge in [0.05, 0.1) is 17.5 Å². The lowest BCUT2D eigenvalue weighted by Gasteiger charge is -2.19. The third-order valence-corrected chi connectivity index (χ3v) is 6.12. The molecule has 1 amide bonds. The van der Waals surface area contributed by atoms with Gasteiger partial charge in [-0.15, -0.1) is 5.10 Å². The average molecular weight is 419 g/mol. The molecule has 0 bridgehead atoms. The number of amides is 1. The van der Waals surface area contributed by atoms with Crippen LogP contribution < -0.4 is 10.1 Å². The van der Waals surface area contributed by atoms with Crippen molar-refractivity contribution in [2.24, 2.45) is 0 Å². The Bertz CT molecular complexity index is 774. The summed E-state index contributed by atoms with van der Waals surface area (Å²) in [5, 5.41) is 15.6. The Kier molecular flexibility index (Phi) is 8.30. The second-order valence-corrected chi connectivity index (χ2v) is 8.00. The summed E-state index contributed by atoms with van der Waals surface area (Å²) in [6.45, 7) is 7.71. The lowest BCUT2D eigenvalue weighted by atomic mass is 10.3. The van der Waals surface area contributed by atoms with E-state index in [1.165, 1.54) is 24.6 Å². The molecule has 0 aliphatic heterocycles.